The van der Waals surface area contributed by atoms with Crippen LogP contribution in [0, 0.1) is 0 Å². The van der Waals surface area contributed by atoms with E-state index in [0.717, 1.165) is 0 Å². The van der Waals surface area contributed by atoms with Gasteiger partial charge in [0.15, 0.2) is 0 Å². The summed E-state index contributed by atoms with van der Waals surface area (Å²) >= 11 is 11.7. The molecular formula is C13H17Cl2N3O3. The summed E-state index contributed by atoms with van der Waals surface area (Å²) in [6, 6.07) is 3.66. The van der Waals surface area contributed by atoms with Crippen LogP contribution >= 0.6 is 23.2 Å². The minimum atomic E-state index is -1.09. The maximum Gasteiger partial charge on any atom is 0.321 e. The van der Waals surface area contributed by atoms with Crippen LogP contribution in [0.3, 0.4) is 0 Å². The van der Waals surface area contributed by atoms with Crippen LogP contribution in [0.25, 0.3) is 0 Å². The maximum atomic E-state index is 11.9. The van der Waals surface area contributed by atoms with Gasteiger partial charge in [0.1, 0.15) is 6.04 Å². The molecule has 0 aliphatic rings. The predicted molar refractivity (Wildman–Crippen MR) is 82.8 cm³/mol. The highest BCUT2D eigenvalue weighted by molar-refractivity contribution is 6.36. The van der Waals surface area contributed by atoms with Gasteiger partial charge in [-0.25, -0.2) is 0 Å². The van der Waals surface area contributed by atoms with E-state index in [-0.39, 0.29) is 6.42 Å². The van der Waals surface area contributed by atoms with Gasteiger partial charge >= 0.3 is 5.97 Å². The number of nitrogens with two attached hydrogens (primary N) is 1. The van der Waals surface area contributed by atoms with E-state index >= 15 is 0 Å². The Bertz CT molecular complexity index is 511. The van der Waals surface area contributed by atoms with E-state index in [2.05, 4.69) is 10.6 Å². The van der Waals surface area contributed by atoms with Crippen LogP contribution in [0.4, 0.5) is 5.69 Å². The van der Waals surface area contributed by atoms with Crippen molar-refractivity contribution in [2.45, 2.75) is 18.9 Å². The number of anilines is 1. The molecule has 116 valence electrons. The lowest BCUT2D eigenvalue weighted by atomic mass is 10.2. The summed E-state index contributed by atoms with van der Waals surface area (Å²) < 4.78 is 0. The van der Waals surface area contributed by atoms with Crippen LogP contribution in [0.15, 0.2) is 18.2 Å². The van der Waals surface area contributed by atoms with Crippen molar-refractivity contribution in [3.8, 4) is 0 Å². The van der Waals surface area contributed by atoms with Crippen molar-refractivity contribution in [3.05, 3.63) is 28.2 Å². The Morgan fingerprint density at radius 2 is 2.05 bits per heavy atom. The van der Waals surface area contributed by atoms with Gasteiger partial charge in [-0.3, -0.25) is 9.59 Å². The van der Waals surface area contributed by atoms with Crippen molar-refractivity contribution < 1.29 is 14.7 Å². The first kappa shape index (κ1) is 17.7. The summed E-state index contributed by atoms with van der Waals surface area (Å²) in [7, 11) is 0. The molecule has 0 radical (unpaired) electrons. The number of benzene rings is 1. The number of hydrogen-bond acceptors (Lipinski definition) is 4. The lowest BCUT2D eigenvalue weighted by Crippen LogP contribution is -2.40. The molecule has 1 aromatic rings. The molecule has 0 spiro atoms. The van der Waals surface area contributed by atoms with Crippen molar-refractivity contribution in [2.75, 3.05) is 18.4 Å². The Hall–Kier alpha value is -1.34. The summed E-state index contributed by atoms with van der Waals surface area (Å²) in [6.45, 7) is 0.883. The highest BCUT2D eigenvalue weighted by Gasteiger charge is 2.20. The van der Waals surface area contributed by atoms with Crippen LogP contribution < -0.4 is 16.4 Å². The molecule has 0 fully saturated rings. The van der Waals surface area contributed by atoms with E-state index in [9.17, 15) is 9.59 Å². The number of hydrogen-bond donors (Lipinski definition) is 4. The van der Waals surface area contributed by atoms with E-state index in [1.165, 1.54) is 6.07 Å². The molecule has 0 unspecified atom stereocenters. The van der Waals surface area contributed by atoms with Gasteiger partial charge in [0, 0.05) is 5.02 Å². The number of carboxylic acids is 1. The zero-order chi connectivity index (χ0) is 15.8. The first-order chi connectivity index (χ1) is 9.93. The number of carbonyl (C=O) groups is 2. The first-order valence-corrected chi connectivity index (χ1v) is 7.10. The van der Waals surface area contributed by atoms with Crippen molar-refractivity contribution in [1.29, 1.82) is 0 Å². The highest BCUT2D eigenvalue weighted by Crippen LogP contribution is 2.25. The third-order valence-electron chi connectivity index (χ3n) is 2.66. The number of nitrogens with one attached hydrogen (secondary N) is 2. The molecule has 0 aliphatic heterocycles. The molecule has 21 heavy (non-hydrogen) atoms. The van der Waals surface area contributed by atoms with Crippen molar-refractivity contribution in [2.24, 2.45) is 5.73 Å². The lowest BCUT2D eigenvalue weighted by molar-refractivity contribution is -0.141. The number of amides is 1. The molecule has 8 heteroatoms. The van der Waals surface area contributed by atoms with Gasteiger partial charge in [-0.2, -0.15) is 0 Å². The quantitative estimate of drug-likeness (QED) is 0.542. The van der Waals surface area contributed by atoms with E-state index in [1.54, 1.807) is 12.1 Å². The molecule has 0 saturated heterocycles. The molecule has 0 saturated carbocycles. The second-order valence-electron chi connectivity index (χ2n) is 4.36. The van der Waals surface area contributed by atoms with Crippen molar-refractivity contribution >= 4 is 40.8 Å². The minimum absolute atomic E-state index is 0.209. The van der Waals surface area contributed by atoms with E-state index in [1.807, 2.05) is 0 Å². The van der Waals surface area contributed by atoms with Crippen LogP contribution in [0.5, 0.6) is 0 Å². The fourth-order valence-corrected chi connectivity index (χ4v) is 2.06. The Labute approximate surface area is 132 Å². The summed E-state index contributed by atoms with van der Waals surface area (Å²) in [5.74, 6) is -1.55. The van der Waals surface area contributed by atoms with E-state index in [0.29, 0.717) is 35.2 Å². The van der Waals surface area contributed by atoms with E-state index in [4.69, 9.17) is 34.0 Å². The normalized spacial score (nSPS) is 12.0. The average molecular weight is 334 g/mol. The fraction of sp³-hybridized carbons (Fsp3) is 0.385. The lowest BCUT2D eigenvalue weighted by Gasteiger charge is -2.14. The van der Waals surface area contributed by atoms with Gasteiger partial charge in [0.25, 0.3) is 0 Å². The molecule has 1 aromatic carbocycles. The summed E-state index contributed by atoms with van der Waals surface area (Å²) in [5.41, 5.74) is 5.72. The summed E-state index contributed by atoms with van der Waals surface area (Å²) in [5, 5.41) is 15.1. The Morgan fingerprint density at radius 3 is 2.62 bits per heavy atom. The number of halogens is 2. The molecular weight excluding hydrogens is 317 g/mol. The molecule has 1 atom stereocenters. The van der Waals surface area contributed by atoms with Crippen LogP contribution in [-0.2, 0) is 9.59 Å². The molecule has 0 aromatic heterocycles. The molecule has 1 amide bonds. The number of carboxylic acid groups (broad SMARTS) is 1. The largest absolute Gasteiger partial charge is 0.480 e. The number of carbonyl (C=O) groups excluding carboxylic acids is 1. The van der Waals surface area contributed by atoms with Crippen molar-refractivity contribution in [3.63, 3.8) is 0 Å². The monoisotopic (exact) mass is 333 g/mol. The number of aliphatic carboxylic acids is 1. The first-order valence-electron chi connectivity index (χ1n) is 6.35. The van der Waals surface area contributed by atoms with Crippen molar-refractivity contribution in [1.82, 2.24) is 5.32 Å². The van der Waals surface area contributed by atoms with Gasteiger partial charge in [-0.15, -0.1) is 0 Å². The van der Waals surface area contributed by atoms with Crippen LogP contribution in [-0.4, -0.2) is 36.1 Å². The topological polar surface area (TPSA) is 104 Å². The molecule has 1 rings (SSSR count). The molecule has 0 aliphatic carbocycles. The van der Waals surface area contributed by atoms with Crippen LogP contribution in [0.2, 0.25) is 10.0 Å². The Balaban J connectivity index is 2.59. The Morgan fingerprint density at radius 1 is 1.33 bits per heavy atom. The molecule has 0 heterocycles. The van der Waals surface area contributed by atoms with Gasteiger partial charge in [0.05, 0.1) is 17.1 Å². The van der Waals surface area contributed by atoms with Crippen LogP contribution in [0.1, 0.15) is 12.8 Å². The molecule has 5 N–H and O–H groups in total. The average Bonchev–Trinajstić information content (AvgIpc) is 2.41. The maximum absolute atomic E-state index is 11.9. The summed E-state index contributed by atoms with van der Waals surface area (Å²) in [6.07, 6.45) is 0.424. The zero-order valence-corrected chi connectivity index (χ0v) is 12.7. The van der Waals surface area contributed by atoms with Gasteiger partial charge in [-0.05, 0) is 37.7 Å². The van der Waals surface area contributed by atoms with Gasteiger partial charge in [0.2, 0.25) is 5.91 Å². The highest BCUT2D eigenvalue weighted by atomic mass is 35.5. The fourth-order valence-electron chi connectivity index (χ4n) is 1.60. The molecule has 0 bridgehead atoms. The molecule has 6 nitrogen and oxygen atoms in total. The van der Waals surface area contributed by atoms with Gasteiger partial charge in [-0.1, -0.05) is 23.2 Å². The standard InChI is InChI=1S/C13H17Cl2N3O3/c14-8-2-3-10(9(15)6-8)18-12(19)7-11(13(20)21)17-5-1-4-16/h2-3,6,11,17H,1,4-5,7,16H2,(H,18,19)(H,20,21)/t11-/m1/s1. The minimum Gasteiger partial charge on any atom is -0.480 e. The second kappa shape index (κ2) is 8.84. The summed E-state index contributed by atoms with van der Waals surface area (Å²) in [4.78, 5) is 22.9. The Kier molecular flexibility index (Phi) is 7.45. The third kappa shape index (κ3) is 6.31. The number of rotatable bonds is 8. The predicted octanol–water partition coefficient (Wildman–Crippen LogP) is 1.71. The smallest absolute Gasteiger partial charge is 0.321 e. The van der Waals surface area contributed by atoms with Gasteiger partial charge < -0.3 is 21.5 Å². The zero-order valence-electron chi connectivity index (χ0n) is 11.2. The SMILES string of the molecule is NCCCN[C@H](CC(=O)Nc1ccc(Cl)cc1Cl)C(=O)O. The third-order valence-corrected chi connectivity index (χ3v) is 3.21. The van der Waals surface area contributed by atoms with E-state index < -0.39 is 17.9 Å². The second-order valence-corrected chi connectivity index (χ2v) is 5.21.